The summed E-state index contributed by atoms with van der Waals surface area (Å²) >= 11 is 13.4. The fraction of sp³-hybridized carbons (Fsp3) is 0.211. The van der Waals surface area contributed by atoms with Crippen molar-refractivity contribution in [2.75, 3.05) is 11.9 Å². The molecule has 1 aliphatic rings. The van der Waals surface area contributed by atoms with Crippen LogP contribution in [0, 0.1) is 0 Å². The highest BCUT2D eigenvalue weighted by molar-refractivity contribution is 8.15. The van der Waals surface area contributed by atoms with Crippen molar-refractivity contribution < 1.29 is 9.59 Å². The third kappa shape index (κ3) is 4.83. The number of aliphatic imine (C=N–C) groups is 1. The predicted octanol–water partition coefficient (Wildman–Crippen LogP) is 4.97. The molecule has 0 aliphatic carbocycles. The van der Waals surface area contributed by atoms with Crippen LogP contribution in [-0.4, -0.2) is 33.7 Å². The third-order valence-electron chi connectivity index (χ3n) is 3.89. The van der Waals surface area contributed by atoms with Crippen LogP contribution in [0.5, 0.6) is 0 Å². The molecule has 3 rings (SSSR count). The van der Waals surface area contributed by atoms with Gasteiger partial charge in [-0.1, -0.05) is 53.2 Å². The molecule has 5 nitrogen and oxygen atoms in total. The van der Waals surface area contributed by atoms with Gasteiger partial charge in [-0.15, -0.1) is 0 Å². The van der Waals surface area contributed by atoms with Crippen LogP contribution >= 0.6 is 35.0 Å². The number of rotatable bonds is 5. The lowest BCUT2D eigenvalue weighted by Gasteiger charge is -2.13. The van der Waals surface area contributed by atoms with Gasteiger partial charge in [0, 0.05) is 23.7 Å². The van der Waals surface area contributed by atoms with Crippen LogP contribution < -0.4 is 5.32 Å². The molecular weight excluding hydrogens is 405 g/mol. The van der Waals surface area contributed by atoms with Gasteiger partial charge in [0.15, 0.2) is 5.17 Å². The zero-order chi connectivity index (χ0) is 19.4. The van der Waals surface area contributed by atoms with Crippen molar-refractivity contribution in [3.63, 3.8) is 0 Å². The number of benzene rings is 2. The van der Waals surface area contributed by atoms with E-state index in [9.17, 15) is 9.59 Å². The SMILES string of the molecule is CCN1C(=O)[C@H](CC(=O)Nc2ccccc2)SC1=Nc1ccc(Cl)cc1Cl. The molecule has 27 heavy (non-hydrogen) atoms. The minimum atomic E-state index is -0.515. The highest BCUT2D eigenvalue weighted by Gasteiger charge is 2.38. The molecule has 0 bridgehead atoms. The lowest BCUT2D eigenvalue weighted by molar-refractivity contribution is -0.128. The minimum Gasteiger partial charge on any atom is -0.326 e. The molecule has 1 fully saturated rings. The van der Waals surface area contributed by atoms with E-state index in [0.29, 0.717) is 33.1 Å². The number of anilines is 1. The van der Waals surface area contributed by atoms with Gasteiger partial charge in [0.2, 0.25) is 11.8 Å². The molecule has 140 valence electrons. The van der Waals surface area contributed by atoms with Crippen molar-refractivity contribution in [1.29, 1.82) is 0 Å². The Hall–Kier alpha value is -2.02. The van der Waals surface area contributed by atoms with Gasteiger partial charge in [-0.05, 0) is 37.3 Å². The summed E-state index contributed by atoms with van der Waals surface area (Å²) in [5.74, 6) is -0.344. The molecule has 1 heterocycles. The number of thioether (sulfide) groups is 1. The number of hydrogen-bond acceptors (Lipinski definition) is 4. The molecule has 2 aromatic rings. The first-order valence-corrected chi connectivity index (χ1v) is 9.98. The molecule has 0 unspecified atom stereocenters. The number of hydrogen-bond donors (Lipinski definition) is 1. The van der Waals surface area contributed by atoms with Gasteiger partial charge in [0.25, 0.3) is 0 Å². The summed E-state index contributed by atoms with van der Waals surface area (Å²) in [4.78, 5) is 31.0. The van der Waals surface area contributed by atoms with Crippen LogP contribution in [-0.2, 0) is 9.59 Å². The van der Waals surface area contributed by atoms with E-state index < -0.39 is 5.25 Å². The van der Waals surface area contributed by atoms with Crippen LogP contribution in [0.3, 0.4) is 0 Å². The number of carbonyl (C=O) groups excluding carboxylic acids is 2. The highest BCUT2D eigenvalue weighted by atomic mass is 35.5. The molecule has 1 saturated heterocycles. The second-order valence-electron chi connectivity index (χ2n) is 5.80. The first kappa shape index (κ1) is 19.7. The van der Waals surface area contributed by atoms with Crippen LogP contribution in [0.4, 0.5) is 11.4 Å². The fourth-order valence-corrected chi connectivity index (χ4v) is 4.26. The lowest BCUT2D eigenvalue weighted by Crippen LogP contribution is -2.33. The average Bonchev–Trinajstić information content (AvgIpc) is 2.92. The summed E-state index contributed by atoms with van der Waals surface area (Å²) in [5, 5.41) is 3.74. The maximum atomic E-state index is 12.7. The molecule has 0 radical (unpaired) electrons. The number of nitrogens with one attached hydrogen (secondary N) is 1. The van der Waals surface area contributed by atoms with Gasteiger partial charge in [-0.25, -0.2) is 4.99 Å². The van der Waals surface area contributed by atoms with E-state index in [2.05, 4.69) is 10.3 Å². The highest BCUT2D eigenvalue weighted by Crippen LogP contribution is 2.34. The summed E-state index contributed by atoms with van der Waals surface area (Å²) in [7, 11) is 0. The molecule has 8 heteroatoms. The van der Waals surface area contributed by atoms with E-state index in [0.717, 1.165) is 0 Å². The number of amides is 2. The second kappa shape index (κ2) is 8.78. The van der Waals surface area contributed by atoms with Crippen LogP contribution in [0.2, 0.25) is 10.0 Å². The molecule has 1 aliphatic heterocycles. The molecule has 1 N–H and O–H groups in total. The Morgan fingerprint density at radius 3 is 2.63 bits per heavy atom. The van der Waals surface area contributed by atoms with Gasteiger partial charge in [0.1, 0.15) is 5.25 Å². The van der Waals surface area contributed by atoms with Crippen molar-refractivity contribution >= 4 is 63.3 Å². The van der Waals surface area contributed by atoms with E-state index in [-0.39, 0.29) is 18.2 Å². The Labute approximate surface area is 171 Å². The molecule has 0 aromatic heterocycles. The number of halogens is 2. The van der Waals surface area contributed by atoms with Gasteiger partial charge in [-0.2, -0.15) is 0 Å². The number of para-hydroxylation sites is 1. The van der Waals surface area contributed by atoms with Crippen LogP contribution in [0.15, 0.2) is 53.5 Å². The van der Waals surface area contributed by atoms with Gasteiger partial charge in [-0.3, -0.25) is 14.5 Å². The monoisotopic (exact) mass is 421 g/mol. The summed E-state index contributed by atoms with van der Waals surface area (Å²) in [6.07, 6.45) is 0.0717. The standard InChI is InChI=1S/C19H17Cl2N3O2S/c1-2-24-18(26)16(11-17(25)22-13-6-4-3-5-7-13)27-19(24)23-15-9-8-12(20)10-14(15)21/h3-10,16H,2,11H2,1H3,(H,22,25)/t16-/m0/s1. The summed E-state index contributed by atoms with van der Waals surface area (Å²) in [6.45, 7) is 2.33. The summed E-state index contributed by atoms with van der Waals surface area (Å²) in [6, 6.07) is 14.1. The van der Waals surface area contributed by atoms with E-state index >= 15 is 0 Å². The summed E-state index contributed by atoms with van der Waals surface area (Å²) < 4.78 is 0. The number of nitrogens with zero attached hydrogens (tertiary/aromatic N) is 2. The van der Waals surface area contributed by atoms with Crippen molar-refractivity contribution in [2.45, 2.75) is 18.6 Å². The maximum Gasteiger partial charge on any atom is 0.242 e. The first-order valence-electron chi connectivity index (χ1n) is 8.34. The van der Waals surface area contributed by atoms with Gasteiger partial charge in [0.05, 0.1) is 10.7 Å². The second-order valence-corrected chi connectivity index (χ2v) is 7.81. The van der Waals surface area contributed by atoms with E-state index in [1.807, 2.05) is 25.1 Å². The fourth-order valence-electron chi connectivity index (χ4n) is 2.59. The summed E-state index contributed by atoms with van der Waals surface area (Å²) in [5.41, 5.74) is 1.23. The van der Waals surface area contributed by atoms with E-state index in [4.69, 9.17) is 23.2 Å². The topological polar surface area (TPSA) is 61.8 Å². The first-order chi connectivity index (χ1) is 13.0. The molecular formula is C19H17Cl2N3O2S. The molecule has 2 aromatic carbocycles. The Kier molecular flexibility index (Phi) is 6.42. The lowest BCUT2D eigenvalue weighted by atomic mass is 10.2. The smallest absolute Gasteiger partial charge is 0.242 e. The molecule has 0 saturated carbocycles. The third-order valence-corrected chi connectivity index (χ3v) is 5.60. The van der Waals surface area contributed by atoms with Crippen molar-refractivity contribution in [3.05, 3.63) is 58.6 Å². The minimum absolute atomic E-state index is 0.0717. The normalized spacial score (nSPS) is 18.2. The van der Waals surface area contributed by atoms with Crippen LogP contribution in [0.1, 0.15) is 13.3 Å². The van der Waals surface area contributed by atoms with Crippen LogP contribution in [0.25, 0.3) is 0 Å². The largest absolute Gasteiger partial charge is 0.326 e. The predicted molar refractivity (Wildman–Crippen MR) is 112 cm³/mol. The zero-order valence-corrected chi connectivity index (χ0v) is 16.8. The van der Waals surface area contributed by atoms with Gasteiger partial charge >= 0.3 is 0 Å². The Morgan fingerprint density at radius 1 is 1.22 bits per heavy atom. The average molecular weight is 422 g/mol. The van der Waals surface area contributed by atoms with Crippen molar-refractivity contribution in [1.82, 2.24) is 4.90 Å². The van der Waals surface area contributed by atoms with E-state index in [1.54, 1.807) is 35.2 Å². The van der Waals surface area contributed by atoms with E-state index in [1.165, 1.54) is 11.8 Å². The molecule has 0 spiro atoms. The zero-order valence-electron chi connectivity index (χ0n) is 14.5. The Bertz CT molecular complexity index is 890. The van der Waals surface area contributed by atoms with Gasteiger partial charge < -0.3 is 5.32 Å². The Morgan fingerprint density at radius 2 is 1.96 bits per heavy atom. The number of carbonyl (C=O) groups is 2. The molecule has 2 amide bonds. The van der Waals surface area contributed by atoms with Crippen molar-refractivity contribution in [3.8, 4) is 0 Å². The molecule has 1 atom stereocenters. The quantitative estimate of drug-likeness (QED) is 0.740. The Balaban J connectivity index is 1.74. The number of amidine groups is 1. The van der Waals surface area contributed by atoms with Crippen molar-refractivity contribution in [2.24, 2.45) is 4.99 Å². The maximum absolute atomic E-state index is 12.7.